The lowest BCUT2D eigenvalue weighted by atomic mass is 10.3. The SMILES string of the molecule is COc1cccc2c1nc(C(F)F)n2-c1nc(N2CCOCC2)nc(N2CCN(C(=O)C(C)Cl)CC2)n1. The summed E-state index contributed by atoms with van der Waals surface area (Å²) in [6.45, 7) is 5.56. The van der Waals surface area contributed by atoms with E-state index in [1.807, 2.05) is 9.80 Å². The number of rotatable bonds is 6. The summed E-state index contributed by atoms with van der Waals surface area (Å²) in [5.74, 6) is 0.479. The van der Waals surface area contributed by atoms with Crippen LogP contribution in [0.1, 0.15) is 19.2 Å². The first kappa shape index (κ1) is 25.3. The molecule has 5 rings (SSSR count). The van der Waals surface area contributed by atoms with Gasteiger partial charge in [0.2, 0.25) is 23.8 Å². The molecular formula is C23H27ClF2N8O3. The molecule has 1 atom stereocenters. The van der Waals surface area contributed by atoms with Gasteiger partial charge in [-0.15, -0.1) is 11.6 Å². The molecule has 2 aromatic heterocycles. The summed E-state index contributed by atoms with van der Waals surface area (Å²) in [4.78, 5) is 35.9. The van der Waals surface area contributed by atoms with E-state index in [1.165, 1.54) is 11.7 Å². The molecule has 1 amide bonds. The molecule has 14 heteroatoms. The van der Waals surface area contributed by atoms with Crippen molar-refractivity contribution in [3.05, 3.63) is 24.0 Å². The van der Waals surface area contributed by atoms with E-state index in [9.17, 15) is 13.6 Å². The van der Waals surface area contributed by atoms with Crippen molar-refractivity contribution in [3.8, 4) is 11.7 Å². The number of anilines is 2. The summed E-state index contributed by atoms with van der Waals surface area (Å²) < 4.78 is 40.5. The number of morpholine rings is 1. The zero-order valence-electron chi connectivity index (χ0n) is 20.5. The highest BCUT2D eigenvalue weighted by atomic mass is 35.5. The number of nitrogens with zero attached hydrogens (tertiary/aromatic N) is 8. The quantitative estimate of drug-likeness (QED) is 0.439. The third-order valence-corrected chi connectivity index (χ3v) is 6.58. The van der Waals surface area contributed by atoms with Gasteiger partial charge in [-0.25, -0.2) is 13.8 Å². The number of carbonyl (C=O) groups excluding carboxylic acids is 1. The lowest BCUT2D eigenvalue weighted by Gasteiger charge is -2.35. The maximum atomic E-state index is 14.2. The highest BCUT2D eigenvalue weighted by Crippen LogP contribution is 2.32. The summed E-state index contributed by atoms with van der Waals surface area (Å²) in [6.07, 6.45) is -2.88. The molecule has 2 saturated heterocycles. The first-order valence-corrected chi connectivity index (χ1v) is 12.4. The number of amides is 1. The Morgan fingerprint density at radius 1 is 0.973 bits per heavy atom. The molecule has 2 aliphatic rings. The smallest absolute Gasteiger partial charge is 0.296 e. The summed E-state index contributed by atoms with van der Waals surface area (Å²) in [5, 5.41) is -0.609. The van der Waals surface area contributed by atoms with Crippen LogP contribution in [0.3, 0.4) is 0 Å². The second-order valence-corrected chi connectivity index (χ2v) is 9.35. The van der Waals surface area contributed by atoms with E-state index in [2.05, 4.69) is 19.9 Å². The number of benzene rings is 1. The van der Waals surface area contributed by atoms with Crippen molar-refractivity contribution in [2.75, 3.05) is 69.4 Å². The average Bonchev–Trinajstić information content (AvgIpc) is 3.33. The fourth-order valence-corrected chi connectivity index (χ4v) is 4.62. The molecule has 2 aliphatic heterocycles. The molecule has 4 heterocycles. The van der Waals surface area contributed by atoms with Gasteiger partial charge in [0.05, 0.1) is 25.8 Å². The molecule has 1 aromatic carbocycles. The second kappa shape index (κ2) is 10.6. The molecule has 0 saturated carbocycles. The number of fused-ring (bicyclic) bond motifs is 1. The molecule has 0 N–H and O–H groups in total. The summed E-state index contributed by atoms with van der Waals surface area (Å²) in [6, 6.07) is 5.04. The van der Waals surface area contributed by atoms with Crippen molar-refractivity contribution >= 4 is 40.4 Å². The van der Waals surface area contributed by atoms with Gasteiger partial charge in [0.1, 0.15) is 16.6 Å². The second-order valence-electron chi connectivity index (χ2n) is 8.70. The van der Waals surface area contributed by atoms with Crippen molar-refractivity contribution in [3.63, 3.8) is 0 Å². The minimum absolute atomic E-state index is 0.0328. The van der Waals surface area contributed by atoms with E-state index in [0.29, 0.717) is 75.6 Å². The molecular weight excluding hydrogens is 510 g/mol. The highest BCUT2D eigenvalue weighted by molar-refractivity contribution is 6.30. The van der Waals surface area contributed by atoms with Crippen LogP contribution in [-0.2, 0) is 9.53 Å². The number of ether oxygens (including phenoxy) is 2. The normalized spacial score (nSPS) is 17.5. The van der Waals surface area contributed by atoms with Gasteiger partial charge in [0.15, 0.2) is 5.82 Å². The van der Waals surface area contributed by atoms with Gasteiger partial charge in [0.25, 0.3) is 6.43 Å². The Bertz CT molecular complexity index is 1280. The molecule has 0 radical (unpaired) electrons. The number of alkyl halides is 3. The van der Waals surface area contributed by atoms with E-state index in [-0.39, 0.29) is 17.4 Å². The Kier molecular flexibility index (Phi) is 7.24. The number of methoxy groups -OCH3 is 1. The third-order valence-electron chi connectivity index (χ3n) is 6.40. The van der Waals surface area contributed by atoms with Crippen molar-refractivity contribution in [2.45, 2.75) is 18.7 Å². The fourth-order valence-electron chi connectivity index (χ4n) is 4.48. The van der Waals surface area contributed by atoms with Crippen LogP contribution in [0.5, 0.6) is 5.75 Å². The largest absolute Gasteiger partial charge is 0.494 e. The summed E-state index contributed by atoms with van der Waals surface area (Å²) in [7, 11) is 1.46. The summed E-state index contributed by atoms with van der Waals surface area (Å²) >= 11 is 5.98. The van der Waals surface area contributed by atoms with Crippen LogP contribution in [-0.4, -0.2) is 100 Å². The predicted molar refractivity (Wildman–Crippen MR) is 133 cm³/mol. The molecule has 3 aromatic rings. The van der Waals surface area contributed by atoms with Gasteiger partial charge in [-0.1, -0.05) is 6.07 Å². The lowest BCUT2D eigenvalue weighted by molar-refractivity contribution is -0.130. The van der Waals surface area contributed by atoms with Crippen LogP contribution in [0.15, 0.2) is 18.2 Å². The number of piperazine rings is 1. The minimum Gasteiger partial charge on any atom is -0.494 e. The van der Waals surface area contributed by atoms with Crippen LogP contribution in [0.25, 0.3) is 17.0 Å². The fraction of sp³-hybridized carbons (Fsp3) is 0.522. The Morgan fingerprint density at radius 3 is 2.19 bits per heavy atom. The number of carbonyl (C=O) groups is 1. The topological polar surface area (TPSA) is 102 Å². The van der Waals surface area contributed by atoms with Crippen molar-refractivity contribution in [1.29, 1.82) is 0 Å². The van der Waals surface area contributed by atoms with Gasteiger partial charge in [0, 0.05) is 39.3 Å². The maximum Gasteiger partial charge on any atom is 0.296 e. The number of aromatic nitrogens is 5. The van der Waals surface area contributed by atoms with Crippen LogP contribution in [0.2, 0.25) is 0 Å². The minimum atomic E-state index is -2.88. The molecule has 11 nitrogen and oxygen atoms in total. The standard InChI is InChI=1S/C23H27ClF2N8O3/c1-14(24)20(35)31-6-8-32(9-7-31)21-28-22(33-10-12-37-13-11-33)30-23(29-21)34-15-4-3-5-16(36-2)17(15)27-19(34)18(25)26/h3-5,14,18H,6-13H2,1-2H3. The first-order chi connectivity index (χ1) is 17.9. The Balaban J connectivity index is 1.59. The molecule has 0 spiro atoms. The highest BCUT2D eigenvalue weighted by Gasteiger charge is 2.29. The van der Waals surface area contributed by atoms with Gasteiger partial charge < -0.3 is 24.2 Å². The molecule has 198 valence electrons. The van der Waals surface area contributed by atoms with Gasteiger partial charge >= 0.3 is 0 Å². The number of hydrogen-bond acceptors (Lipinski definition) is 9. The number of hydrogen-bond donors (Lipinski definition) is 0. The van der Waals surface area contributed by atoms with E-state index < -0.39 is 17.6 Å². The summed E-state index contributed by atoms with van der Waals surface area (Å²) in [5.41, 5.74) is 0.684. The van der Waals surface area contributed by atoms with E-state index >= 15 is 0 Å². The van der Waals surface area contributed by atoms with Crippen LogP contribution >= 0.6 is 11.6 Å². The van der Waals surface area contributed by atoms with Crippen molar-refractivity contribution in [2.24, 2.45) is 0 Å². The Morgan fingerprint density at radius 2 is 1.59 bits per heavy atom. The van der Waals surface area contributed by atoms with E-state index in [0.717, 1.165) is 0 Å². The van der Waals surface area contributed by atoms with Gasteiger partial charge in [-0.05, 0) is 19.1 Å². The third kappa shape index (κ3) is 4.97. The van der Waals surface area contributed by atoms with E-state index in [1.54, 1.807) is 30.0 Å². The van der Waals surface area contributed by atoms with Crippen LogP contribution in [0, 0.1) is 0 Å². The maximum absolute atomic E-state index is 14.2. The van der Waals surface area contributed by atoms with Gasteiger partial charge in [-0.2, -0.15) is 15.0 Å². The van der Waals surface area contributed by atoms with Crippen molar-refractivity contribution in [1.82, 2.24) is 29.4 Å². The zero-order valence-corrected chi connectivity index (χ0v) is 21.2. The van der Waals surface area contributed by atoms with Crippen molar-refractivity contribution < 1.29 is 23.0 Å². The first-order valence-electron chi connectivity index (χ1n) is 12.0. The predicted octanol–water partition coefficient (Wildman–Crippen LogP) is 2.27. The number of para-hydroxylation sites is 1. The van der Waals surface area contributed by atoms with E-state index in [4.69, 9.17) is 21.1 Å². The molecule has 1 unspecified atom stereocenters. The molecule has 2 fully saturated rings. The molecule has 0 aliphatic carbocycles. The molecule has 37 heavy (non-hydrogen) atoms. The Hall–Kier alpha value is -3.32. The lowest BCUT2D eigenvalue weighted by Crippen LogP contribution is -2.51. The molecule has 0 bridgehead atoms. The Labute approximate surface area is 217 Å². The average molecular weight is 537 g/mol. The number of halogens is 3. The van der Waals surface area contributed by atoms with Crippen LogP contribution < -0.4 is 14.5 Å². The van der Waals surface area contributed by atoms with Gasteiger partial charge in [-0.3, -0.25) is 9.36 Å². The van der Waals surface area contributed by atoms with Crippen LogP contribution in [0.4, 0.5) is 20.7 Å². The zero-order chi connectivity index (χ0) is 26.1. The number of imidazole rings is 1. The monoisotopic (exact) mass is 536 g/mol.